The van der Waals surface area contributed by atoms with E-state index < -0.39 is 0 Å². The minimum Gasteiger partial charge on any atom is -0.494 e. The first-order valence-corrected chi connectivity index (χ1v) is 7.32. The van der Waals surface area contributed by atoms with E-state index in [-0.39, 0.29) is 0 Å². The third kappa shape index (κ3) is 4.99. The van der Waals surface area contributed by atoms with Gasteiger partial charge < -0.3 is 4.74 Å². The highest BCUT2D eigenvalue weighted by atomic mass is 16.5. The van der Waals surface area contributed by atoms with E-state index in [9.17, 15) is 0 Å². The third-order valence-electron chi connectivity index (χ3n) is 3.06. The quantitative estimate of drug-likeness (QED) is 0.689. The molecular formula is C18H26O. The van der Waals surface area contributed by atoms with Crippen LogP contribution in [-0.2, 0) is 6.42 Å². The van der Waals surface area contributed by atoms with Crippen molar-refractivity contribution in [3.63, 3.8) is 0 Å². The summed E-state index contributed by atoms with van der Waals surface area (Å²) in [6.07, 6.45) is 1.95. The number of rotatable bonds is 5. The molecule has 104 valence electrons. The Morgan fingerprint density at radius 2 is 1.89 bits per heavy atom. The molecule has 0 aromatic heterocycles. The second-order valence-corrected chi connectivity index (χ2v) is 5.24. The summed E-state index contributed by atoms with van der Waals surface area (Å²) in [5.41, 5.74) is 2.65. The van der Waals surface area contributed by atoms with Crippen molar-refractivity contribution in [1.82, 2.24) is 0 Å². The maximum absolute atomic E-state index is 5.70. The van der Waals surface area contributed by atoms with Crippen molar-refractivity contribution in [2.75, 3.05) is 6.61 Å². The summed E-state index contributed by atoms with van der Waals surface area (Å²) >= 11 is 0. The molecule has 0 spiro atoms. The van der Waals surface area contributed by atoms with E-state index in [2.05, 4.69) is 57.7 Å². The summed E-state index contributed by atoms with van der Waals surface area (Å²) in [4.78, 5) is 0. The average molecular weight is 258 g/mol. The Bertz CT molecular complexity index is 448. The normalized spacial score (nSPS) is 11.9. The lowest BCUT2D eigenvalue weighted by Crippen LogP contribution is -2.02. The Morgan fingerprint density at radius 3 is 2.47 bits per heavy atom. The van der Waals surface area contributed by atoms with Gasteiger partial charge in [0.1, 0.15) is 5.75 Å². The van der Waals surface area contributed by atoms with Crippen molar-refractivity contribution in [3.05, 3.63) is 29.3 Å². The molecule has 1 aromatic rings. The molecule has 0 saturated carbocycles. The van der Waals surface area contributed by atoms with Crippen LogP contribution < -0.4 is 4.74 Å². The summed E-state index contributed by atoms with van der Waals surface area (Å²) in [5.74, 6) is 8.37. The molecule has 0 fully saturated rings. The van der Waals surface area contributed by atoms with E-state index in [1.54, 1.807) is 0 Å². The predicted molar refractivity (Wildman–Crippen MR) is 82.6 cm³/mol. The molecule has 0 aliphatic carbocycles. The average Bonchev–Trinajstić information content (AvgIpc) is 2.38. The first-order chi connectivity index (χ1) is 9.08. The number of benzene rings is 1. The van der Waals surface area contributed by atoms with Crippen LogP contribution in [0.3, 0.4) is 0 Å². The second kappa shape index (κ2) is 7.89. The van der Waals surface area contributed by atoms with Crippen molar-refractivity contribution in [2.24, 2.45) is 5.92 Å². The van der Waals surface area contributed by atoms with Crippen LogP contribution in [0.1, 0.15) is 58.1 Å². The van der Waals surface area contributed by atoms with E-state index >= 15 is 0 Å². The van der Waals surface area contributed by atoms with E-state index in [0.29, 0.717) is 11.8 Å². The van der Waals surface area contributed by atoms with Crippen molar-refractivity contribution >= 4 is 0 Å². The van der Waals surface area contributed by atoms with Crippen LogP contribution in [0.25, 0.3) is 0 Å². The highest BCUT2D eigenvalue weighted by molar-refractivity contribution is 5.39. The van der Waals surface area contributed by atoms with Gasteiger partial charge in [0.15, 0.2) is 0 Å². The fourth-order valence-electron chi connectivity index (χ4n) is 2.14. The molecule has 0 aliphatic rings. The summed E-state index contributed by atoms with van der Waals surface area (Å²) in [7, 11) is 0. The minimum absolute atomic E-state index is 0.415. The summed E-state index contributed by atoms with van der Waals surface area (Å²) in [5, 5.41) is 0. The van der Waals surface area contributed by atoms with E-state index in [0.717, 1.165) is 25.2 Å². The van der Waals surface area contributed by atoms with Gasteiger partial charge in [-0.1, -0.05) is 45.7 Å². The Labute approximate surface area is 118 Å². The van der Waals surface area contributed by atoms with Crippen LogP contribution in [0, 0.1) is 17.8 Å². The lowest BCUT2D eigenvalue weighted by Gasteiger charge is -2.15. The van der Waals surface area contributed by atoms with Gasteiger partial charge in [-0.25, -0.2) is 0 Å². The van der Waals surface area contributed by atoms with Crippen molar-refractivity contribution in [3.8, 4) is 17.6 Å². The van der Waals surface area contributed by atoms with Crippen molar-refractivity contribution < 1.29 is 4.74 Å². The topological polar surface area (TPSA) is 9.23 Å². The van der Waals surface area contributed by atoms with Gasteiger partial charge in [-0.2, -0.15) is 0 Å². The molecule has 1 rings (SSSR count). The number of ether oxygens (including phenoxy) is 1. The Balaban J connectivity index is 2.89. The van der Waals surface area contributed by atoms with E-state index in [1.807, 2.05) is 6.92 Å². The highest BCUT2D eigenvalue weighted by Gasteiger charge is 2.10. The van der Waals surface area contributed by atoms with E-state index in [4.69, 9.17) is 4.74 Å². The van der Waals surface area contributed by atoms with Crippen molar-refractivity contribution in [2.45, 2.75) is 53.4 Å². The maximum atomic E-state index is 5.70. The zero-order valence-electron chi connectivity index (χ0n) is 12.9. The highest BCUT2D eigenvalue weighted by Crippen LogP contribution is 2.28. The van der Waals surface area contributed by atoms with Crippen LogP contribution in [-0.4, -0.2) is 6.61 Å². The molecule has 1 aromatic carbocycles. The van der Waals surface area contributed by atoms with Gasteiger partial charge in [-0.3, -0.25) is 0 Å². The zero-order valence-corrected chi connectivity index (χ0v) is 12.9. The minimum atomic E-state index is 0.415. The molecular weight excluding hydrogens is 232 g/mol. The maximum Gasteiger partial charge on any atom is 0.122 e. The molecule has 0 aliphatic heterocycles. The number of hydrogen-bond acceptors (Lipinski definition) is 1. The summed E-state index contributed by atoms with van der Waals surface area (Å²) in [6, 6.07) is 6.55. The SMILES string of the molecule is CCC#CC(C)Cc1ccc(OCC)c(C(C)C)c1. The van der Waals surface area contributed by atoms with Gasteiger partial charge in [-0.15, -0.1) is 5.92 Å². The predicted octanol–water partition coefficient (Wildman–Crippen LogP) is 4.80. The molecule has 1 heteroatoms. The van der Waals surface area contributed by atoms with Gasteiger partial charge in [0, 0.05) is 12.3 Å². The fourth-order valence-corrected chi connectivity index (χ4v) is 2.14. The first-order valence-electron chi connectivity index (χ1n) is 7.32. The molecule has 0 N–H and O–H groups in total. The zero-order chi connectivity index (χ0) is 14.3. The lowest BCUT2D eigenvalue weighted by atomic mass is 9.95. The molecule has 0 heterocycles. The second-order valence-electron chi connectivity index (χ2n) is 5.24. The molecule has 0 radical (unpaired) electrons. The van der Waals surface area contributed by atoms with Gasteiger partial charge in [0.05, 0.1) is 6.61 Å². The van der Waals surface area contributed by atoms with Gasteiger partial charge >= 0.3 is 0 Å². The lowest BCUT2D eigenvalue weighted by molar-refractivity contribution is 0.335. The van der Waals surface area contributed by atoms with Gasteiger partial charge in [0.25, 0.3) is 0 Å². The molecule has 0 saturated heterocycles. The molecule has 19 heavy (non-hydrogen) atoms. The largest absolute Gasteiger partial charge is 0.494 e. The summed E-state index contributed by atoms with van der Waals surface area (Å²) < 4.78 is 5.70. The third-order valence-corrected chi connectivity index (χ3v) is 3.06. The van der Waals surface area contributed by atoms with E-state index in [1.165, 1.54) is 11.1 Å². The molecule has 0 amide bonds. The van der Waals surface area contributed by atoms with Crippen LogP contribution in [0.4, 0.5) is 0 Å². The molecule has 1 nitrogen and oxygen atoms in total. The summed E-state index contributed by atoms with van der Waals surface area (Å²) in [6.45, 7) is 11.4. The van der Waals surface area contributed by atoms with Gasteiger partial charge in [-0.05, 0) is 36.5 Å². The Hall–Kier alpha value is -1.42. The number of hydrogen-bond donors (Lipinski definition) is 0. The van der Waals surface area contributed by atoms with Crippen LogP contribution in [0.15, 0.2) is 18.2 Å². The molecule has 1 unspecified atom stereocenters. The molecule has 1 atom stereocenters. The fraction of sp³-hybridized carbons (Fsp3) is 0.556. The Morgan fingerprint density at radius 1 is 1.16 bits per heavy atom. The van der Waals surface area contributed by atoms with Gasteiger partial charge in [0.2, 0.25) is 0 Å². The van der Waals surface area contributed by atoms with Crippen molar-refractivity contribution in [1.29, 1.82) is 0 Å². The standard InChI is InChI=1S/C18H26O/c1-6-8-9-15(5)12-16-10-11-18(19-7-2)17(13-16)14(3)4/h10-11,13-15H,6-7,12H2,1-5H3. The smallest absolute Gasteiger partial charge is 0.122 e. The monoisotopic (exact) mass is 258 g/mol. The van der Waals surface area contributed by atoms with Crippen LogP contribution >= 0.6 is 0 Å². The van der Waals surface area contributed by atoms with Crippen LogP contribution in [0.5, 0.6) is 5.75 Å². The first kappa shape index (κ1) is 15.6. The molecule has 0 bridgehead atoms. The Kier molecular flexibility index (Phi) is 6.50. The van der Waals surface area contributed by atoms with Crippen LogP contribution in [0.2, 0.25) is 0 Å².